The minimum Gasteiger partial charge on any atom is -0.408 e. The summed E-state index contributed by atoms with van der Waals surface area (Å²) in [5, 5.41) is 5.69. The fourth-order valence-corrected chi connectivity index (χ4v) is 3.88. The zero-order valence-electron chi connectivity index (χ0n) is 15.9. The molecule has 4 aromatic rings. The van der Waals surface area contributed by atoms with E-state index in [1.807, 2.05) is 0 Å². The number of oxazole rings is 1. The zero-order chi connectivity index (χ0) is 21.5. The first-order chi connectivity index (χ1) is 14.2. The van der Waals surface area contributed by atoms with Crippen molar-refractivity contribution in [2.75, 3.05) is 16.9 Å². The van der Waals surface area contributed by atoms with Crippen LogP contribution in [0.15, 0.2) is 56.7 Å². The van der Waals surface area contributed by atoms with Gasteiger partial charge in [-0.3, -0.25) is 4.98 Å². The predicted molar refractivity (Wildman–Crippen MR) is 110 cm³/mol. The van der Waals surface area contributed by atoms with Crippen LogP contribution in [0.3, 0.4) is 0 Å². The Labute approximate surface area is 169 Å². The molecule has 4 rings (SSSR count). The molecule has 0 amide bonds. The van der Waals surface area contributed by atoms with Crippen LogP contribution in [-0.4, -0.2) is 29.6 Å². The number of aryl methyl sites for hydroxylation is 1. The topological polar surface area (TPSA) is 130 Å². The molecule has 0 saturated heterocycles. The third kappa shape index (κ3) is 4.01. The summed E-state index contributed by atoms with van der Waals surface area (Å²) in [5.41, 5.74) is 2.34. The number of rotatable bonds is 5. The normalized spacial score (nSPS) is 11.6. The van der Waals surface area contributed by atoms with Crippen molar-refractivity contribution in [2.45, 2.75) is 11.8 Å². The molecule has 0 fully saturated rings. The van der Waals surface area contributed by atoms with Crippen LogP contribution in [0.25, 0.3) is 11.1 Å². The van der Waals surface area contributed by atoms with Crippen LogP contribution in [0.2, 0.25) is 0 Å². The van der Waals surface area contributed by atoms with Gasteiger partial charge in [0.15, 0.2) is 27.1 Å². The number of hydrogen-bond acceptors (Lipinski definition) is 8. The summed E-state index contributed by atoms with van der Waals surface area (Å²) < 4.78 is 43.0. The molecular formula is C19H16FN5O4S. The first kappa shape index (κ1) is 19.6. The number of fused-ring (bicyclic) bond motifs is 1. The lowest BCUT2D eigenvalue weighted by atomic mass is 10.2. The highest BCUT2D eigenvalue weighted by Crippen LogP contribution is 2.25. The number of anilines is 4. The van der Waals surface area contributed by atoms with Gasteiger partial charge in [0.1, 0.15) is 0 Å². The second-order valence-corrected chi connectivity index (χ2v) is 8.60. The molecule has 0 aliphatic rings. The Morgan fingerprint density at radius 3 is 2.60 bits per heavy atom. The number of aromatic nitrogens is 3. The minimum absolute atomic E-state index is 0.0694. The van der Waals surface area contributed by atoms with Gasteiger partial charge in [0.2, 0.25) is 5.95 Å². The minimum atomic E-state index is -3.41. The smallest absolute Gasteiger partial charge is 0.408 e. The van der Waals surface area contributed by atoms with Crippen molar-refractivity contribution in [1.29, 1.82) is 0 Å². The summed E-state index contributed by atoms with van der Waals surface area (Å²) in [6.45, 7) is 1.70. The van der Waals surface area contributed by atoms with Crippen LogP contribution < -0.4 is 16.4 Å². The Kier molecular flexibility index (Phi) is 4.74. The van der Waals surface area contributed by atoms with Crippen molar-refractivity contribution in [2.24, 2.45) is 0 Å². The summed E-state index contributed by atoms with van der Waals surface area (Å²) in [6, 6.07) is 9.54. The number of H-pyrrole nitrogens is 1. The number of hydrogen-bond donors (Lipinski definition) is 3. The van der Waals surface area contributed by atoms with Gasteiger partial charge >= 0.3 is 5.76 Å². The van der Waals surface area contributed by atoms with Crippen LogP contribution in [0.5, 0.6) is 0 Å². The third-order valence-electron chi connectivity index (χ3n) is 4.27. The standard InChI is InChI=1S/C19H16FN5O4S/c1-10-3-4-12(8-16(10)30(2,27)28)23-18-21-9-13(20)17(25-18)22-11-5-6-15-14(7-11)24-19(26)29-15/h3-9H,1-2H3,(H,24,26)(H2,21,22,23,25). The van der Waals surface area contributed by atoms with E-state index in [2.05, 4.69) is 25.6 Å². The van der Waals surface area contributed by atoms with Gasteiger partial charge in [0.25, 0.3) is 0 Å². The largest absolute Gasteiger partial charge is 0.417 e. The number of benzene rings is 2. The molecule has 9 nitrogen and oxygen atoms in total. The number of nitrogens with zero attached hydrogens (tertiary/aromatic N) is 2. The van der Waals surface area contributed by atoms with E-state index < -0.39 is 21.4 Å². The summed E-state index contributed by atoms with van der Waals surface area (Å²) in [4.78, 5) is 22.0. The third-order valence-corrected chi connectivity index (χ3v) is 5.51. The van der Waals surface area contributed by atoms with Crippen LogP contribution in [0.1, 0.15) is 5.56 Å². The van der Waals surface area contributed by atoms with Gasteiger partial charge in [-0.15, -0.1) is 0 Å². The van der Waals surface area contributed by atoms with E-state index in [1.165, 1.54) is 6.07 Å². The highest BCUT2D eigenvalue weighted by Gasteiger charge is 2.13. The molecule has 3 N–H and O–H groups in total. The molecule has 2 aromatic heterocycles. The molecule has 0 unspecified atom stereocenters. The zero-order valence-corrected chi connectivity index (χ0v) is 16.7. The Morgan fingerprint density at radius 2 is 1.83 bits per heavy atom. The molecular weight excluding hydrogens is 413 g/mol. The van der Waals surface area contributed by atoms with Gasteiger partial charge in [-0.25, -0.2) is 22.6 Å². The van der Waals surface area contributed by atoms with E-state index in [-0.39, 0.29) is 16.7 Å². The van der Waals surface area contributed by atoms with Crippen molar-refractivity contribution in [1.82, 2.24) is 15.0 Å². The van der Waals surface area contributed by atoms with Gasteiger partial charge in [0.05, 0.1) is 16.6 Å². The summed E-state index contributed by atoms with van der Waals surface area (Å²) >= 11 is 0. The second-order valence-electron chi connectivity index (χ2n) is 6.62. The molecule has 0 atom stereocenters. The Morgan fingerprint density at radius 1 is 1.10 bits per heavy atom. The molecule has 0 bridgehead atoms. The number of nitrogens with one attached hydrogen (secondary N) is 3. The number of halogens is 1. The van der Waals surface area contributed by atoms with E-state index in [1.54, 1.807) is 37.3 Å². The molecule has 154 valence electrons. The fraction of sp³-hybridized carbons (Fsp3) is 0.105. The fourth-order valence-electron chi connectivity index (χ4n) is 2.89. The number of sulfone groups is 1. The Balaban J connectivity index is 1.62. The van der Waals surface area contributed by atoms with E-state index in [9.17, 15) is 17.6 Å². The average molecular weight is 429 g/mol. The molecule has 0 aliphatic heterocycles. The van der Waals surface area contributed by atoms with Crippen LogP contribution in [0.4, 0.5) is 27.5 Å². The lowest BCUT2D eigenvalue weighted by Gasteiger charge is -2.11. The quantitative estimate of drug-likeness (QED) is 0.441. The summed E-state index contributed by atoms with van der Waals surface area (Å²) in [5.74, 6) is -1.32. The maximum atomic E-state index is 14.2. The SMILES string of the molecule is Cc1ccc(Nc2ncc(F)c(Nc3ccc4oc(=O)[nH]c4c3)n2)cc1S(C)(=O)=O. The molecule has 30 heavy (non-hydrogen) atoms. The summed E-state index contributed by atoms with van der Waals surface area (Å²) in [6.07, 6.45) is 2.11. The van der Waals surface area contributed by atoms with Crippen molar-refractivity contribution >= 4 is 44.1 Å². The highest BCUT2D eigenvalue weighted by molar-refractivity contribution is 7.90. The van der Waals surface area contributed by atoms with Gasteiger partial charge in [-0.05, 0) is 42.8 Å². The molecule has 0 saturated carbocycles. The van der Waals surface area contributed by atoms with Gasteiger partial charge < -0.3 is 15.1 Å². The summed E-state index contributed by atoms with van der Waals surface area (Å²) in [7, 11) is -3.41. The Hall–Kier alpha value is -3.73. The van der Waals surface area contributed by atoms with Crippen LogP contribution in [-0.2, 0) is 9.84 Å². The molecule has 0 spiro atoms. The first-order valence-electron chi connectivity index (χ1n) is 8.69. The van der Waals surface area contributed by atoms with Crippen LogP contribution >= 0.6 is 0 Å². The first-order valence-corrected chi connectivity index (χ1v) is 10.6. The maximum absolute atomic E-state index is 14.2. The Bertz CT molecular complexity index is 1430. The van der Waals surface area contributed by atoms with E-state index in [0.717, 1.165) is 12.5 Å². The molecule has 2 heterocycles. The maximum Gasteiger partial charge on any atom is 0.417 e. The van der Waals surface area contributed by atoms with E-state index >= 15 is 0 Å². The van der Waals surface area contributed by atoms with Crippen molar-refractivity contribution in [3.05, 3.63) is 64.5 Å². The van der Waals surface area contributed by atoms with Crippen LogP contribution in [0, 0.1) is 12.7 Å². The highest BCUT2D eigenvalue weighted by atomic mass is 32.2. The monoisotopic (exact) mass is 429 g/mol. The van der Waals surface area contributed by atoms with Crippen molar-refractivity contribution in [3.63, 3.8) is 0 Å². The molecule has 0 aliphatic carbocycles. The average Bonchev–Trinajstić information content (AvgIpc) is 3.04. The van der Waals surface area contributed by atoms with Gasteiger partial charge in [-0.1, -0.05) is 6.07 Å². The number of aromatic amines is 1. The van der Waals surface area contributed by atoms with Crippen molar-refractivity contribution < 1.29 is 17.2 Å². The van der Waals surface area contributed by atoms with Gasteiger partial charge in [-0.2, -0.15) is 4.98 Å². The predicted octanol–water partition coefficient (Wildman–Crippen LogP) is 3.25. The lowest BCUT2D eigenvalue weighted by molar-refractivity contribution is 0.555. The van der Waals surface area contributed by atoms with Gasteiger partial charge in [0, 0.05) is 17.6 Å². The molecule has 11 heteroatoms. The van der Waals surface area contributed by atoms with Crippen molar-refractivity contribution in [3.8, 4) is 0 Å². The van der Waals surface area contributed by atoms with E-state index in [0.29, 0.717) is 28.0 Å². The lowest BCUT2D eigenvalue weighted by Crippen LogP contribution is -2.05. The second kappa shape index (κ2) is 7.26. The molecule has 2 aromatic carbocycles. The van der Waals surface area contributed by atoms with E-state index in [4.69, 9.17) is 4.42 Å². The molecule has 0 radical (unpaired) electrons.